The third-order valence-corrected chi connectivity index (χ3v) is 6.50. The predicted octanol–water partition coefficient (Wildman–Crippen LogP) is 2.38. The van der Waals surface area contributed by atoms with Crippen LogP contribution in [-0.4, -0.2) is 58.7 Å². The molecule has 2 aromatic rings. The first kappa shape index (κ1) is 24.5. The third kappa shape index (κ3) is 5.39. The van der Waals surface area contributed by atoms with Gasteiger partial charge in [-0.2, -0.15) is 0 Å². The number of piperidine rings is 1. The van der Waals surface area contributed by atoms with Crippen LogP contribution in [0.15, 0.2) is 47.4 Å². The lowest BCUT2D eigenvalue weighted by atomic mass is 10.0. The van der Waals surface area contributed by atoms with Gasteiger partial charge in [-0.05, 0) is 51.2 Å². The number of benzene rings is 1. The van der Waals surface area contributed by atoms with Crippen LogP contribution in [-0.2, 0) is 11.3 Å². The number of carbonyl (C=O) groups excluding carboxylic acids is 3. The van der Waals surface area contributed by atoms with E-state index in [4.69, 9.17) is 4.74 Å². The molecular weight excluding hydrogens is 448 g/mol. The van der Waals surface area contributed by atoms with Crippen molar-refractivity contribution in [1.82, 2.24) is 20.1 Å². The molecule has 1 saturated carbocycles. The standard InChI is InChI=1S/C26H32N4O5/c1-26(2,3)35-25(34)30-15-17-10-19(30)12-21(17)28-22(31)18-11-20(23(32)27-4)24(33)29(14-18)13-16-8-6-5-7-9-16/h5-9,11,14,17,19,21H,10,12-13,15H2,1-4H3,(H,27,32)(H,28,31)/t17-,19?,21+/m1/s1. The molecule has 35 heavy (non-hydrogen) atoms. The van der Waals surface area contributed by atoms with Gasteiger partial charge in [-0.3, -0.25) is 14.4 Å². The second-order valence-electron chi connectivity index (χ2n) is 10.2. The van der Waals surface area contributed by atoms with Crippen molar-refractivity contribution in [2.24, 2.45) is 5.92 Å². The number of rotatable bonds is 5. The lowest BCUT2D eigenvalue weighted by Crippen LogP contribution is -2.49. The summed E-state index contributed by atoms with van der Waals surface area (Å²) in [6, 6.07) is 10.6. The largest absolute Gasteiger partial charge is 0.444 e. The quantitative estimate of drug-likeness (QED) is 0.683. The maximum atomic E-state index is 13.2. The van der Waals surface area contributed by atoms with Gasteiger partial charge in [0.2, 0.25) is 0 Å². The SMILES string of the molecule is CNC(=O)c1cc(C(=O)N[C@H]2CC3C[C@@H]2CN3C(=O)OC(C)(C)C)cn(Cc2ccccc2)c1=O. The van der Waals surface area contributed by atoms with Gasteiger partial charge in [0, 0.05) is 31.9 Å². The summed E-state index contributed by atoms with van der Waals surface area (Å²) in [5, 5.41) is 5.54. The number of likely N-dealkylation sites (tertiary alicyclic amines) is 1. The molecule has 0 spiro atoms. The highest BCUT2D eigenvalue weighted by Gasteiger charge is 2.48. The molecule has 2 aliphatic rings. The minimum absolute atomic E-state index is 0.0219. The van der Waals surface area contributed by atoms with Crippen molar-refractivity contribution in [3.8, 4) is 0 Å². The van der Waals surface area contributed by atoms with Crippen LogP contribution >= 0.6 is 0 Å². The van der Waals surface area contributed by atoms with Gasteiger partial charge in [0.15, 0.2) is 0 Å². The van der Waals surface area contributed by atoms with Gasteiger partial charge >= 0.3 is 6.09 Å². The molecule has 0 radical (unpaired) electrons. The molecule has 1 aliphatic heterocycles. The van der Waals surface area contributed by atoms with E-state index in [0.717, 1.165) is 12.0 Å². The normalized spacial score (nSPS) is 21.0. The highest BCUT2D eigenvalue weighted by Crippen LogP contribution is 2.38. The van der Waals surface area contributed by atoms with E-state index in [-0.39, 0.29) is 47.7 Å². The molecule has 1 aliphatic carbocycles. The topological polar surface area (TPSA) is 110 Å². The van der Waals surface area contributed by atoms with Crippen LogP contribution in [0, 0.1) is 5.92 Å². The van der Waals surface area contributed by atoms with E-state index in [1.165, 1.54) is 23.9 Å². The fourth-order valence-electron chi connectivity index (χ4n) is 4.88. The zero-order chi connectivity index (χ0) is 25.3. The van der Waals surface area contributed by atoms with Crippen LogP contribution in [0.3, 0.4) is 0 Å². The van der Waals surface area contributed by atoms with Crippen LogP contribution in [0.2, 0.25) is 0 Å². The van der Waals surface area contributed by atoms with Gasteiger partial charge in [0.1, 0.15) is 11.2 Å². The minimum atomic E-state index is -0.558. The average molecular weight is 481 g/mol. The van der Waals surface area contributed by atoms with E-state index in [9.17, 15) is 19.2 Å². The van der Waals surface area contributed by atoms with Gasteiger partial charge in [-0.25, -0.2) is 4.79 Å². The maximum Gasteiger partial charge on any atom is 0.410 e. The minimum Gasteiger partial charge on any atom is -0.444 e. The van der Waals surface area contributed by atoms with Gasteiger partial charge < -0.3 is 24.8 Å². The third-order valence-electron chi connectivity index (χ3n) is 6.50. The van der Waals surface area contributed by atoms with Gasteiger partial charge in [-0.15, -0.1) is 0 Å². The fraction of sp³-hybridized carbons (Fsp3) is 0.462. The number of nitrogens with zero attached hydrogens (tertiary/aromatic N) is 2. The molecule has 3 amide bonds. The molecule has 2 bridgehead atoms. The van der Waals surface area contributed by atoms with E-state index in [1.54, 1.807) is 4.90 Å². The van der Waals surface area contributed by atoms with Crippen molar-refractivity contribution in [3.63, 3.8) is 0 Å². The Labute approximate surface area is 204 Å². The van der Waals surface area contributed by atoms with Crippen LogP contribution < -0.4 is 16.2 Å². The second kappa shape index (κ2) is 9.56. The summed E-state index contributed by atoms with van der Waals surface area (Å²) in [6.45, 7) is 6.29. The molecule has 2 N–H and O–H groups in total. The van der Waals surface area contributed by atoms with Gasteiger partial charge in [-0.1, -0.05) is 30.3 Å². The van der Waals surface area contributed by atoms with Crippen molar-refractivity contribution in [1.29, 1.82) is 0 Å². The van der Waals surface area contributed by atoms with Crippen molar-refractivity contribution in [2.45, 2.75) is 57.8 Å². The van der Waals surface area contributed by atoms with Crippen molar-refractivity contribution < 1.29 is 19.1 Å². The number of carbonyl (C=O) groups is 3. The summed E-state index contributed by atoms with van der Waals surface area (Å²) in [5.41, 5.74) is 0.0202. The lowest BCUT2D eigenvalue weighted by Gasteiger charge is -2.33. The number of nitrogens with one attached hydrogen (secondary N) is 2. The first-order valence-corrected chi connectivity index (χ1v) is 11.9. The highest BCUT2D eigenvalue weighted by molar-refractivity contribution is 5.99. The summed E-state index contributed by atoms with van der Waals surface area (Å²) in [7, 11) is 1.45. The van der Waals surface area contributed by atoms with E-state index in [0.29, 0.717) is 13.0 Å². The Balaban J connectivity index is 1.50. The monoisotopic (exact) mass is 480 g/mol. The number of aromatic nitrogens is 1. The molecular formula is C26H32N4O5. The molecule has 1 aromatic heterocycles. The summed E-state index contributed by atoms with van der Waals surface area (Å²) in [5.74, 6) is -0.761. The van der Waals surface area contributed by atoms with Gasteiger partial charge in [0.05, 0.1) is 12.1 Å². The molecule has 4 rings (SSSR count). The number of ether oxygens (including phenoxy) is 1. The van der Waals surface area contributed by atoms with Crippen molar-refractivity contribution in [2.75, 3.05) is 13.6 Å². The first-order chi connectivity index (χ1) is 16.6. The zero-order valence-electron chi connectivity index (χ0n) is 20.5. The van der Waals surface area contributed by atoms with Crippen molar-refractivity contribution >= 4 is 17.9 Å². The van der Waals surface area contributed by atoms with Gasteiger partial charge in [0.25, 0.3) is 17.4 Å². The van der Waals surface area contributed by atoms with Crippen LogP contribution in [0.1, 0.15) is 59.9 Å². The molecule has 1 unspecified atom stereocenters. The highest BCUT2D eigenvalue weighted by atomic mass is 16.6. The number of hydrogen-bond acceptors (Lipinski definition) is 5. The lowest BCUT2D eigenvalue weighted by molar-refractivity contribution is 0.0176. The molecule has 3 atom stereocenters. The molecule has 1 aromatic carbocycles. The fourth-order valence-corrected chi connectivity index (χ4v) is 4.88. The number of fused-ring (bicyclic) bond motifs is 2. The molecule has 1 saturated heterocycles. The van der Waals surface area contributed by atoms with Crippen molar-refractivity contribution in [3.05, 3.63) is 69.6 Å². The first-order valence-electron chi connectivity index (χ1n) is 11.9. The summed E-state index contributed by atoms with van der Waals surface area (Å²) < 4.78 is 6.90. The Bertz CT molecular complexity index is 1180. The molecule has 2 fully saturated rings. The van der Waals surface area contributed by atoms with E-state index in [2.05, 4.69) is 10.6 Å². The summed E-state index contributed by atoms with van der Waals surface area (Å²) in [6.07, 6.45) is 2.62. The number of pyridine rings is 1. The smallest absolute Gasteiger partial charge is 0.410 e. The molecule has 186 valence electrons. The number of amides is 3. The molecule has 2 heterocycles. The number of hydrogen-bond donors (Lipinski definition) is 2. The Morgan fingerprint density at radius 2 is 1.80 bits per heavy atom. The van der Waals surface area contributed by atoms with E-state index in [1.807, 2.05) is 51.1 Å². The summed E-state index contributed by atoms with van der Waals surface area (Å²) >= 11 is 0. The Kier molecular flexibility index (Phi) is 6.69. The Hall–Kier alpha value is -3.62. The molecule has 9 nitrogen and oxygen atoms in total. The summed E-state index contributed by atoms with van der Waals surface area (Å²) in [4.78, 5) is 52.7. The Morgan fingerprint density at radius 3 is 2.40 bits per heavy atom. The second-order valence-corrected chi connectivity index (χ2v) is 10.2. The Morgan fingerprint density at radius 1 is 1.09 bits per heavy atom. The van der Waals surface area contributed by atoms with E-state index < -0.39 is 17.1 Å². The van der Waals surface area contributed by atoms with Crippen LogP contribution in [0.25, 0.3) is 0 Å². The average Bonchev–Trinajstić information content (AvgIpc) is 3.40. The van der Waals surface area contributed by atoms with Crippen LogP contribution in [0.4, 0.5) is 4.79 Å². The zero-order valence-corrected chi connectivity index (χ0v) is 20.5. The van der Waals surface area contributed by atoms with E-state index >= 15 is 0 Å². The van der Waals surface area contributed by atoms with Crippen LogP contribution in [0.5, 0.6) is 0 Å². The molecule has 9 heteroatoms. The predicted molar refractivity (Wildman–Crippen MR) is 130 cm³/mol. The maximum absolute atomic E-state index is 13.2.